The largest absolute Gasteiger partial charge is 0.205 e. The minimum absolute atomic E-state index is 1.08. The molecule has 102 valence electrons. The third-order valence-electron chi connectivity index (χ3n) is 3.67. The SMILES string of the molecule is CCCCCc1cc[n+](CC)cc1CCCCC. The Morgan fingerprint density at radius 2 is 1.44 bits per heavy atom. The van der Waals surface area contributed by atoms with Crippen LogP contribution in [0.15, 0.2) is 18.5 Å². The van der Waals surface area contributed by atoms with Gasteiger partial charge in [-0.25, -0.2) is 4.57 Å². The lowest BCUT2D eigenvalue weighted by Crippen LogP contribution is -2.32. The molecule has 0 aliphatic heterocycles. The van der Waals surface area contributed by atoms with E-state index in [-0.39, 0.29) is 0 Å². The van der Waals surface area contributed by atoms with Crippen LogP contribution in [0.5, 0.6) is 0 Å². The number of nitrogens with zero attached hydrogens (tertiary/aromatic N) is 1. The van der Waals surface area contributed by atoms with Crippen LogP contribution in [0.1, 0.15) is 70.4 Å². The van der Waals surface area contributed by atoms with Crippen LogP contribution < -0.4 is 4.57 Å². The molecule has 18 heavy (non-hydrogen) atoms. The summed E-state index contributed by atoms with van der Waals surface area (Å²) in [4.78, 5) is 0. The number of hydrogen-bond donors (Lipinski definition) is 0. The van der Waals surface area contributed by atoms with Crippen molar-refractivity contribution in [2.45, 2.75) is 78.7 Å². The second-order valence-corrected chi connectivity index (χ2v) is 5.24. The molecule has 0 spiro atoms. The predicted molar refractivity (Wildman–Crippen MR) is 78.8 cm³/mol. The summed E-state index contributed by atoms with van der Waals surface area (Å²) in [6.07, 6.45) is 15.2. The van der Waals surface area contributed by atoms with Crippen molar-refractivity contribution < 1.29 is 4.57 Å². The molecule has 1 nitrogen and oxygen atoms in total. The summed E-state index contributed by atoms with van der Waals surface area (Å²) in [6.45, 7) is 7.85. The van der Waals surface area contributed by atoms with Gasteiger partial charge in [-0.3, -0.25) is 0 Å². The first-order valence-electron chi connectivity index (χ1n) is 7.82. The number of hydrogen-bond acceptors (Lipinski definition) is 0. The maximum atomic E-state index is 2.37. The Kier molecular flexibility index (Phi) is 7.71. The molecule has 1 rings (SSSR count). The summed E-state index contributed by atoms with van der Waals surface area (Å²) in [7, 11) is 0. The third kappa shape index (κ3) is 5.20. The average Bonchev–Trinajstić information content (AvgIpc) is 2.40. The van der Waals surface area contributed by atoms with Crippen LogP contribution in [0, 0.1) is 0 Å². The Hall–Kier alpha value is -0.850. The highest BCUT2D eigenvalue weighted by atomic mass is 14.9. The van der Waals surface area contributed by atoms with E-state index in [9.17, 15) is 0 Å². The van der Waals surface area contributed by atoms with Gasteiger partial charge >= 0.3 is 0 Å². The van der Waals surface area contributed by atoms with Gasteiger partial charge in [0.2, 0.25) is 0 Å². The fraction of sp³-hybridized carbons (Fsp3) is 0.706. The fourth-order valence-electron chi connectivity index (χ4n) is 2.42. The molecular weight excluding hydrogens is 218 g/mol. The second kappa shape index (κ2) is 9.13. The number of rotatable bonds is 9. The molecule has 1 heterocycles. The van der Waals surface area contributed by atoms with Crippen LogP contribution in [0.2, 0.25) is 0 Å². The summed E-state index contributed by atoms with van der Waals surface area (Å²) in [5.41, 5.74) is 3.17. The van der Waals surface area contributed by atoms with Gasteiger partial charge in [-0.15, -0.1) is 0 Å². The first kappa shape index (κ1) is 15.2. The zero-order valence-corrected chi connectivity index (χ0v) is 12.5. The van der Waals surface area contributed by atoms with Gasteiger partial charge in [0.05, 0.1) is 0 Å². The molecule has 0 saturated heterocycles. The molecule has 1 aromatic heterocycles. The summed E-state index contributed by atoms with van der Waals surface area (Å²) < 4.78 is 2.31. The Morgan fingerprint density at radius 1 is 0.833 bits per heavy atom. The van der Waals surface area contributed by atoms with Crippen LogP contribution in [-0.2, 0) is 19.4 Å². The second-order valence-electron chi connectivity index (χ2n) is 5.24. The van der Waals surface area contributed by atoms with Crippen molar-refractivity contribution in [2.75, 3.05) is 0 Å². The van der Waals surface area contributed by atoms with Crippen molar-refractivity contribution in [1.82, 2.24) is 0 Å². The Balaban J connectivity index is 2.66. The third-order valence-corrected chi connectivity index (χ3v) is 3.67. The molecule has 0 saturated carbocycles. The first-order chi connectivity index (χ1) is 8.81. The zero-order valence-electron chi connectivity index (χ0n) is 12.5. The zero-order chi connectivity index (χ0) is 13.2. The number of unbranched alkanes of at least 4 members (excludes halogenated alkanes) is 4. The lowest BCUT2D eigenvalue weighted by atomic mass is 9.99. The number of aryl methyl sites for hydroxylation is 3. The molecule has 1 aromatic rings. The summed E-state index contributed by atoms with van der Waals surface area (Å²) in [6, 6.07) is 2.35. The van der Waals surface area contributed by atoms with E-state index in [0.29, 0.717) is 0 Å². The highest BCUT2D eigenvalue weighted by Crippen LogP contribution is 2.14. The molecule has 0 amide bonds. The lowest BCUT2D eigenvalue weighted by molar-refractivity contribution is -0.694. The van der Waals surface area contributed by atoms with E-state index in [1.165, 1.54) is 51.4 Å². The van der Waals surface area contributed by atoms with Crippen LogP contribution in [0.3, 0.4) is 0 Å². The Labute approximate surface area is 113 Å². The fourth-order valence-corrected chi connectivity index (χ4v) is 2.42. The van der Waals surface area contributed by atoms with Crippen molar-refractivity contribution in [2.24, 2.45) is 0 Å². The monoisotopic (exact) mass is 248 g/mol. The molecule has 0 unspecified atom stereocenters. The predicted octanol–water partition coefficient (Wildman–Crippen LogP) is 4.46. The van der Waals surface area contributed by atoms with E-state index in [1.54, 1.807) is 11.1 Å². The van der Waals surface area contributed by atoms with Crippen LogP contribution in [0.4, 0.5) is 0 Å². The summed E-state index contributed by atoms with van der Waals surface area (Å²) in [5.74, 6) is 0. The van der Waals surface area contributed by atoms with E-state index >= 15 is 0 Å². The molecule has 0 atom stereocenters. The van der Waals surface area contributed by atoms with Gasteiger partial charge in [0.15, 0.2) is 12.4 Å². The molecule has 1 heteroatoms. The van der Waals surface area contributed by atoms with E-state index in [4.69, 9.17) is 0 Å². The van der Waals surface area contributed by atoms with Gasteiger partial charge in [-0.05, 0) is 38.2 Å². The summed E-state index contributed by atoms with van der Waals surface area (Å²) >= 11 is 0. The van der Waals surface area contributed by atoms with Gasteiger partial charge in [-0.1, -0.05) is 39.5 Å². The molecule has 0 bridgehead atoms. The molecule has 0 radical (unpaired) electrons. The van der Waals surface area contributed by atoms with Gasteiger partial charge in [0, 0.05) is 11.6 Å². The van der Waals surface area contributed by atoms with Crippen LogP contribution in [-0.4, -0.2) is 0 Å². The maximum Gasteiger partial charge on any atom is 0.172 e. The van der Waals surface area contributed by atoms with E-state index in [2.05, 4.69) is 43.8 Å². The van der Waals surface area contributed by atoms with Crippen molar-refractivity contribution in [3.8, 4) is 0 Å². The smallest absolute Gasteiger partial charge is 0.172 e. The number of aromatic nitrogens is 1. The number of pyridine rings is 1. The van der Waals surface area contributed by atoms with Crippen molar-refractivity contribution in [1.29, 1.82) is 0 Å². The topological polar surface area (TPSA) is 3.88 Å². The highest BCUT2D eigenvalue weighted by Gasteiger charge is 2.08. The van der Waals surface area contributed by atoms with E-state index in [0.717, 1.165) is 6.54 Å². The van der Waals surface area contributed by atoms with Crippen LogP contribution in [0.25, 0.3) is 0 Å². The first-order valence-corrected chi connectivity index (χ1v) is 7.82. The van der Waals surface area contributed by atoms with Crippen molar-refractivity contribution in [3.05, 3.63) is 29.6 Å². The van der Waals surface area contributed by atoms with Crippen molar-refractivity contribution >= 4 is 0 Å². The minimum atomic E-state index is 1.08. The molecular formula is C17H30N+. The van der Waals surface area contributed by atoms with Gasteiger partial charge in [0.25, 0.3) is 0 Å². The lowest BCUT2D eigenvalue weighted by Gasteiger charge is -2.08. The Bertz CT molecular complexity index is 330. The van der Waals surface area contributed by atoms with Gasteiger partial charge < -0.3 is 0 Å². The maximum absolute atomic E-state index is 2.37. The Morgan fingerprint density at radius 3 is 2.00 bits per heavy atom. The molecule has 0 fully saturated rings. The van der Waals surface area contributed by atoms with Crippen LogP contribution >= 0.6 is 0 Å². The highest BCUT2D eigenvalue weighted by molar-refractivity contribution is 5.21. The van der Waals surface area contributed by atoms with Crippen molar-refractivity contribution in [3.63, 3.8) is 0 Å². The van der Waals surface area contributed by atoms with E-state index < -0.39 is 0 Å². The molecule has 0 N–H and O–H groups in total. The summed E-state index contributed by atoms with van der Waals surface area (Å²) in [5, 5.41) is 0. The normalized spacial score (nSPS) is 10.8. The van der Waals surface area contributed by atoms with E-state index in [1.807, 2.05) is 0 Å². The standard InChI is InChI=1S/C17H30N/c1-4-7-9-11-16-13-14-18(6-3)15-17(16)12-10-8-5-2/h13-15H,4-12H2,1-3H3/q+1. The average molecular weight is 248 g/mol. The minimum Gasteiger partial charge on any atom is -0.205 e. The van der Waals surface area contributed by atoms with Gasteiger partial charge in [-0.2, -0.15) is 0 Å². The molecule has 0 aliphatic rings. The molecule has 0 aromatic carbocycles. The molecule has 0 aliphatic carbocycles. The van der Waals surface area contributed by atoms with Gasteiger partial charge in [0.1, 0.15) is 6.54 Å². The quantitative estimate of drug-likeness (QED) is 0.449.